The molecule has 2 unspecified atom stereocenters. The first-order valence-electron chi connectivity index (χ1n) is 8.18. The maximum absolute atomic E-state index is 6.23. The number of aromatic nitrogens is 1. The molecule has 1 aromatic rings. The summed E-state index contributed by atoms with van der Waals surface area (Å²) < 4.78 is 0. The second-order valence-electron chi connectivity index (χ2n) is 7.78. The van der Waals surface area contributed by atoms with Gasteiger partial charge in [-0.2, -0.15) is 0 Å². The van der Waals surface area contributed by atoms with Gasteiger partial charge >= 0.3 is 0 Å². The monoisotopic (exact) mass is 289 g/mol. The smallest absolute Gasteiger partial charge is 0.0416 e. The van der Waals surface area contributed by atoms with Gasteiger partial charge in [-0.05, 0) is 49.8 Å². The highest BCUT2D eigenvalue weighted by Gasteiger charge is 2.44. The largest absolute Gasteiger partial charge is 0.329 e. The number of likely N-dealkylation sites (N-methyl/N-ethyl adjacent to an activating group) is 1. The fourth-order valence-corrected chi connectivity index (χ4v) is 4.37. The van der Waals surface area contributed by atoms with Gasteiger partial charge in [0.25, 0.3) is 0 Å². The van der Waals surface area contributed by atoms with Gasteiger partial charge in [0.1, 0.15) is 0 Å². The zero-order chi connectivity index (χ0) is 15.5. The van der Waals surface area contributed by atoms with Gasteiger partial charge in [0, 0.05) is 36.9 Å². The van der Waals surface area contributed by atoms with Gasteiger partial charge in [-0.1, -0.05) is 26.8 Å². The average Bonchev–Trinajstić information content (AvgIpc) is 2.43. The van der Waals surface area contributed by atoms with Crippen molar-refractivity contribution in [2.24, 2.45) is 17.1 Å². The van der Waals surface area contributed by atoms with E-state index in [2.05, 4.69) is 49.8 Å². The minimum atomic E-state index is 0.149. The van der Waals surface area contributed by atoms with E-state index in [0.717, 1.165) is 25.4 Å². The third-order valence-electron chi connectivity index (χ3n) is 5.06. The Morgan fingerprint density at radius 3 is 2.67 bits per heavy atom. The Morgan fingerprint density at radius 1 is 1.33 bits per heavy atom. The highest BCUT2D eigenvalue weighted by Crippen LogP contribution is 2.45. The molecule has 3 nitrogen and oxygen atoms in total. The van der Waals surface area contributed by atoms with Crippen molar-refractivity contribution in [2.45, 2.75) is 52.0 Å². The van der Waals surface area contributed by atoms with E-state index >= 15 is 0 Å². The summed E-state index contributed by atoms with van der Waals surface area (Å²) in [6.07, 6.45) is 6.59. The first-order chi connectivity index (χ1) is 9.87. The first-order valence-corrected chi connectivity index (χ1v) is 8.18. The number of rotatable bonds is 5. The van der Waals surface area contributed by atoms with Crippen molar-refractivity contribution < 1.29 is 0 Å². The molecule has 3 heteroatoms. The first kappa shape index (κ1) is 16.4. The summed E-state index contributed by atoms with van der Waals surface area (Å²) in [4.78, 5) is 6.93. The van der Waals surface area contributed by atoms with Gasteiger partial charge in [-0.15, -0.1) is 0 Å². The van der Waals surface area contributed by atoms with Crippen LogP contribution >= 0.6 is 0 Å². The Morgan fingerprint density at radius 2 is 2.10 bits per heavy atom. The predicted molar refractivity (Wildman–Crippen MR) is 89.2 cm³/mol. The number of hydrogen-bond acceptors (Lipinski definition) is 3. The lowest BCUT2D eigenvalue weighted by Crippen LogP contribution is -2.58. The van der Waals surface area contributed by atoms with Crippen LogP contribution in [0.2, 0.25) is 0 Å². The second-order valence-corrected chi connectivity index (χ2v) is 7.78. The van der Waals surface area contributed by atoms with Crippen LogP contribution in [0.25, 0.3) is 0 Å². The Labute approximate surface area is 129 Å². The lowest BCUT2D eigenvalue weighted by molar-refractivity contribution is 0.00389. The molecule has 1 saturated carbocycles. The van der Waals surface area contributed by atoms with Gasteiger partial charge in [-0.25, -0.2) is 0 Å². The maximum Gasteiger partial charge on any atom is 0.0416 e. The normalized spacial score (nSPS) is 28.8. The molecule has 0 spiro atoms. The van der Waals surface area contributed by atoms with E-state index in [1.807, 2.05) is 12.3 Å². The summed E-state index contributed by atoms with van der Waals surface area (Å²) in [7, 11) is 2.24. The van der Waals surface area contributed by atoms with Crippen LogP contribution < -0.4 is 5.73 Å². The quantitative estimate of drug-likeness (QED) is 0.905. The molecule has 0 aromatic carbocycles. The van der Waals surface area contributed by atoms with Crippen molar-refractivity contribution in [3.05, 3.63) is 30.1 Å². The molecule has 0 aliphatic heterocycles. The lowest BCUT2D eigenvalue weighted by atomic mass is 9.63. The molecule has 21 heavy (non-hydrogen) atoms. The van der Waals surface area contributed by atoms with Crippen molar-refractivity contribution in [1.82, 2.24) is 9.88 Å². The van der Waals surface area contributed by atoms with Crippen LogP contribution in [-0.2, 0) is 6.42 Å². The minimum absolute atomic E-state index is 0.149. The van der Waals surface area contributed by atoms with Crippen molar-refractivity contribution in [1.29, 1.82) is 0 Å². The van der Waals surface area contributed by atoms with E-state index in [1.165, 1.54) is 25.0 Å². The molecule has 1 aliphatic rings. The molecule has 1 fully saturated rings. The van der Waals surface area contributed by atoms with Gasteiger partial charge in [0.05, 0.1) is 0 Å². The second kappa shape index (κ2) is 6.45. The van der Waals surface area contributed by atoms with E-state index in [1.54, 1.807) is 0 Å². The Bertz CT molecular complexity index is 443. The van der Waals surface area contributed by atoms with Crippen LogP contribution in [0.3, 0.4) is 0 Å². The molecule has 0 radical (unpaired) electrons. The predicted octanol–water partition coefficient (Wildman–Crippen LogP) is 3.10. The molecule has 0 bridgehead atoms. The van der Waals surface area contributed by atoms with Crippen LogP contribution in [0.15, 0.2) is 24.4 Å². The van der Waals surface area contributed by atoms with Gasteiger partial charge in [0.2, 0.25) is 0 Å². The standard InChI is InChI=1S/C18H31N3/c1-15-11-17(2,3)13-18(12-15,14-19)21(4)10-8-16-7-5-6-9-20-16/h5-7,9,15H,8,10-14,19H2,1-4H3. The fourth-order valence-electron chi connectivity index (χ4n) is 4.37. The summed E-state index contributed by atoms with van der Waals surface area (Å²) in [6, 6.07) is 6.14. The summed E-state index contributed by atoms with van der Waals surface area (Å²) in [6.45, 7) is 8.92. The van der Waals surface area contributed by atoms with Crippen LogP contribution in [0.1, 0.15) is 45.7 Å². The number of pyridine rings is 1. The van der Waals surface area contributed by atoms with E-state index in [-0.39, 0.29) is 5.54 Å². The summed E-state index contributed by atoms with van der Waals surface area (Å²) in [5.74, 6) is 0.745. The van der Waals surface area contributed by atoms with Crippen molar-refractivity contribution in [3.63, 3.8) is 0 Å². The van der Waals surface area contributed by atoms with E-state index in [9.17, 15) is 0 Å². The molecular weight excluding hydrogens is 258 g/mol. The molecule has 1 aliphatic carbocycles. The van der Waals surface area contributed by atoms with Crippen LogP contribution in [0.5, 0.6) is 0 Å². The van der Waals surface area contributed by atoms with Gasteiger partial charge < -0.3 is 5.73 Å². The Kier molecular flexibility index (Phi) is 5.05. The molecule has 2 rings (SSSR count). The number of nitrogens with two attached hydrogens (primary N) is 1. The van der Waals surface area contributed by atoms with Crippen LogP contribution in [-0.4, -0.2) is 35.6 Å². The Hall–Kier alpha value is -0.930. The lowest BCUT2D eigenvalue weighted by Gasteiger charge is -2.52. The third-order valence-corrected chi connectivity index (χ3v) is 5.06. The zero-order valence-corrected chi connectivity index (χ0v) is 14.1. The average molecular weight is 289 g/mol. The van der Waals surface area contributed by atoms with E-state index in [4.69, 9.17) is 5.73 Å². The summed E-state index contributed by atoms with van der Waals surface area (Å²) in [5.41, 5.74) is 7.93. The van der Waals surface area contributed by atoms with E-state index in [0.29, 0.717) is 5.41 Å². The van der Waals surface area contributed by atoms with Gasteiger partial charge in [-0.3, -0.25) is 9.88 Å². The molecule has 2 N–H and O–H groups in total. The van der Waals surface area contributed by atoms with Crippen molar-refractivity contribution in [3.8, 4) is 0 Å². The molecule has 0 amide bonds. The highest BCUT2D eigenvalue weighted by atomic mass is 15.2. The third kappa shape index (κ3) is 4.04. The Balaban J connectivity index is 2.05. The van der Waals surface area contributed by atoms with Gasteiger partial charge in [0.15, 0.2) is 0 Å². The van der Waals surface area contributed by atoms with E-state index < -0.39 is 0 Å². The summed E-state index contributed by atoms with van der Waals surface area (Å²) in [5, 5.41) is 0. The fraction of sp³-hybridized carbons (Fsp3) is 0.722. The maximum atomic E-state index is 6.23. The van der Waals surface area contributed by atoms with Crippen molar-refractivity contribution >= 4 is 0 Å². The molecule has 2 atom stereocenters. The minimum Gasteiger partial charge on any atom is -0.329 e. The molecule has 1 heterocycles. The zero-order valence-electron chi connectivity index (χ0n) is 14.1. The van der Waals surface area contributed by atoms with Crippen LogP contribution in [0.4, 0.5) is 0 Å². The van der Waals surface area contributed by atoms with Crippen molar-refractivity contribution in [2.75, 3.05) is 20.1 Å². The molecule has 118 valence electrons. The number of hydrogen-bond donors (Lipinski definition) is 1. The molecular formula is C18H31N3. The SMILES string of the molecule is CC1CC(C)(C)CC(CN)(N(C)CCc2ccccn2)C1. The topological polar surface area (TPSA) is 42.1 Å². The van der Waals surface area contributed by atoms with Crippen LogP contribution in [0, 0.1) is 11.3 Å². The molecule has 1 aromatic heterocycles. The number of nitrogens with zero attached hydrogens (tertiary/aromatic N) is 2. The molecule has 0 saturated heterocycles. The summed E-state index contributed by atoms with van der Waals surface area (Å²) >= 11 is 0. The highest BCUT2D eigenvalue weighted by molar-refractivity contribution is 5.05.